The molecule has 2 aromatic carbocycles. The monoisotopic (exact) mass is 425 g/mol. The molecule has 1 atom stereocenters. The molecule has 1 aromatic heterocycles. The Kier molecular flexibility index (Phi) is 5.47. The van der Waals surface area contributed by atoms with Gasteiger partial charge in [0.1, 0.15) is 17.2 Å². The summed E-state index contributed by atoms with van der Waals surface area (Å²) in [4.78, 5) is 14.6. The molecule has 1 unspecified atom stereocenters. The second-order valence-electron chi connectivity index (χ2n) is 7.13. The van der Waals surface area contributed by atoms with Crippen LogP contribution >= 0.6 is 0 Å². The molecule has 7 heteroatoms. The summed E-state index contributed by atoms with van der Waals surface area (Å²) in [6.45, 7) is 0. The summed E-state index contributed by atoms with van der Waals surface area (Å²) in [5, 5.41) is 0. The van der Waals surface area contributed by atoms with E-state index in [0.717, 1.165) is 18.9 Å². The SMILES string of the molecule is O=c1[nH]cccc1C(C#CC1CC1)(Oc1cccc(Oc2ccccc2)c1)C(F)(F)F. The number of pyridine rings is 1. The molecule has 1 aliphatic carbocycles. The maximum absolute atomic E-state index is 14.4. The Balaban J connectivity index is 1.76. The molecule has 4 rings (SSSR count). The van der Waals surface area contributed by atoms with E-state index in [1.165, 1.54) is 30.5 Å². The lowest BCUT2D eigenvalue weighted by Gasteiger charge is -2.31. The summed E-state index contributed by atoms with van der Waals surface area (Å²) < 4.78 is 54.5. The molecule has 158 valence electrons. The number of ether oxygens (including phenoxy) is 2. The average Bonchev–Trinajstić information content (AvgIpc) is 3.56. The van der Waals surface area contributed by atoms with Gasteiger partial charge in [-0.25, -0.2) is 0 Å². The predicted molar refractivity (Wildman–Crippen MR) is 109 cm³/mol. The number of aromatic nitrogens is 1. The fraction of sp³-hybridized carbons (Fsp3) is 0.208. The van der Waals surface area contributed by atoms with Gasteiger partial charge in [-0.2, -0.15) is 13.2 Å². The fourth-order valence-corrected chi connectivity index (χ4v) is 2.96. The van der Waals surface area contributed by atoms with E-state index in [-0.39, 0.29) is 17.4 Å². The highest BCUT2D eigenvalue weighted by molar-refractivity contribution is 5.41. The van der Waals surface area contributed by atoms with E-state index in [9.17, 15) is 18.0 Å². The van der Waals surface area contributed by atoms with Crippen molar-refractivity contribution in [2.45, 2.75) is 24.6 Å². The van der Waals surface area contributed by atoms with Crippen molar-refractivity contribution in [1.82, 2.24) is 4.98 Å². The van der Waals surface area contributed by atoms with Crippen molar-refractivity contribution in [2.75, 3.05) is 0 Å². The molecule has 0 radical (unpaired) electrons. The first-order valence-electron chi connectivity index (χ1n) is 9.67. The minimum Gasteiger partial charge on any atom is -0.460 e. The van der Waals surface area contributed by atoms with Gasteiger partial charge in [-0.15, -0.1) is 0 Å². The first-order chi connectivity index (χ1) is 14.9. The predicted octanol–water partition coefficient (Wildman–Crippen LogP) is 5.42. The van der Waals surface area contributed by atoms with Crippen LogP contribution in [-0.2, 0) is 5.60 Å². The highest BCUT2D eigenvalue weighted by Gasteiger charge is 2.60. The summed E-state index contributed by atoms with van der Waals surface area (Å²) in [7, 11) is 0. The van der Waals surface area contributed by atoms with Crippen LogP contribution in [0.5, 0.6) is 17.2 Å². The third kappa shape index (κ3) is 4.58. The average molecular weight is 425 g/mol. The standard InChI is InChI=1S/C24H18F3NO3/c25-24(26,27)23(14-13-17-11-12-17,21-10-5-15-28-22(21)29)31-20-9-4-8-19(16-20)30-18-6-2-1-3-7-18/h1-10,15-17H,11-12H2,(H,28,29). The molecular formula is C24H18F3NO3. The molecule has 1 N–H and O–H groups in total. The maximum Gasteiger partial charge on any atom is 0.445 e. The van der Waals surface area contributed by atoms with Gasteiger partial charge >= 0.3 is 6.18 Å². The van der Waals surface area contributed by atoms with Crippen LogP contribution in [0.3, 0.4) is 0 Å². The zero-order chi connectivity index (χ0) is 21.9. The number of hydrogen-bond acceptors (Lipinski definition) is 3. The van der Waals surface area contributed by atoms with Crippen LogP contribution in [-0.4, -0.2) is 11.2 Å². The van der Waals surface area contributed by atoms with Crippen LogP contribution in [0.4, 0.5) is 13.2 Å². The van der Waals surface area contributed by atoms with E-state index >= 15 is 0 Å². The quantitative estimate of drug-likeness (QED) is 0.556. The normalized spacial score (nSPS) is 15.3. The Hall–Kier alpha value is -3.66. The molecule has 1 fully saturated rings. The van der Waals surface area contributed by atoms with Crippen molar-refractivity contribution in [2.24, 2.45) is 5.92 Å². The molecule has 0 saturated heterocycles. The number of aromatic amines is 1. The topological polar surface area (TPSA) is 51.3 Å². The fourth-order valence-electron chi connectivity index (χ4n) is 2.96. The Morgan fingerprint density at radius 3 is 2.29 bits per heavy atom. The van der Waals surface area contributed by atoms with Gasteiger partial charge in [-0.05, 0) is 55.2 Å². The summed E-state index contributed by atoms with van der Waals surface area (Å²) in [5.41, 5.74) is -4.65. The van der Waals surface area contributed by atoms with Crippen LogP contribution in [0.2, 0.25) is 0 Å². The lowest BCUT2D eigenvalue weighted by atomic mass is 9.94. The second kappa shape index (κ2) is 8.23. The van der Waals surface area contributed by atoms with Gasteiger partial charge in [0.25, 0.3) is 11.2 Å². The highest BCUT2D eigenvalue weighted by Crippen LogP contribution is 2.42. The molecule has 4 nitrogen and oxygen atoms in total. The molecule has 1 aliphatic rings. The van der Waals surface area contributed by atoms with Gasteiger partial charge in [0, 0.05) is 18.2 Å². The lowest BCUT2D eigenvalue weighted by molar-refractivity contribution is -0.230. The molecule has 1 saturated carbocycles. The molecule has 31 heavy (non-hydrogen) atoms. The number of benzene rings is 2. The minimum atomic E-state index is -4.97. The second-order valence-corrected chi connectivity index (χ2v) is 7.13. The Bertz CT molecular complexity index is 1170. The van der Waals surface area contributed by atoms with E-state index in [0.29, 0.717) is 5.75 Å². The maximum atomic E-state index is 14.4. The van der Waals surface area contributed by atoms with Gasteiger partial charge in [-0.1, -0.05) is 30.2 Å². The van der Waals surface area contributed by atoms with E-state index in [4.69, 9.17) is 9.47 Å². The third-order valence-corrected chi connectivity index (χ3v) is 4.68. The van der Waals surface area contributed by atoms with Crippen molar-refractivity contribution in [3.8, 4) is 29.1 Å². The molecule has 0 spiro atoms. The summed E-state index contributed by atoms with van der Waals surface area (Å²) in [5.74, 6) is 5.44. The van der Waals surface area contributed by atoms with E-state index in [1.54, 1.807) is 30.3 Å². The smallest absolute Gasteiger partial charge is 0.445 e. The van der Waals surface area contributed by atoms with E-state index < -0.39 is 22.9 Å². The van der Waals surface area contributed by atoms with Crippen LogP contribution in [0.25, 0.3) is 0 Å². The van der Waals surface area contributed by atoms with Gasteiger partial charge < -0.3 is 14.5 Å². The van der Waals surface area contributed by atoms with Crippen molar-refractivity contribution in [3.63, 3.8) is 0 Å². The molecule has 0 aliphatic heterocycles. The molecule has 0 bridgehead atoms. The van der Waals surface area contributed by atoms with Crippen molar-refractivity contribution < 1.29 is 22.6 Å². The van der Waals surface area contributed by atoms with Crippen molar-refractivity contribution >= 4 is 0 Å². The number of nitrogens with one attached hydrogen (secondary N) is 1. The van der Waals surface area contributed by atoms with Gasteiger partial charge in [-0.3, -0.25) is 4.79 Å². The number of para-hydroxylation sites is 1. The van der Waals surface area contributed by atoms with E-state index in [2.05, 4.69) is 16.8 Å². The zero-order valence-corrected chi connectivity index (χ0v) is 16.3. The zero-order valence-electron chi connectivity index (χ0n) is 16.3. The van der Waals surface area contributed by atoms with Crippen molar-refractivity contribution in [3.05, 3.63) is 88.8 Å². The van der Waals surface area contributed by atoms with Crippen LogP contribution in [0.1, 0.15) is 18.4 Å². The van der Waals surface area contributed by atoms with Crippen molar-refractivity contribution in [1.29, 1.82) is 0 Å². The van der Waals surface area contributed by atoms with Crippen LogP contribution < -0.4 is 15.0 Å². The van der Waals surface area contributed by atoms with Crippen LogP contribution in [0.15, 0.2) is 77.7 Å². The molecule has 0 amide bonds. The summed E-state index contributed by atoms with van der Waals surface area (Å²) in [6, 6.07) is 17.0. The van der Waals surface area contributed by atoms with E-state index in [1.807, 2.05) is 6.07 Å². The van der Waals surface area contributed by atoms with Gasteiger partial charge in [0.15, 0.2) is 0 Å². The Labute approximate surface area is 176 Å². The first kappa shape index (κ1) is 20.6. The molecular weight excluding hydrogens is 407 g/mol. The number of alkyl halides is 3. The number of H-pyrrole nitrogens is 1. The number of hydrogen-bond donors (Lipinski definition) is 1. The number of rotatable bonds is 5. The van der Waals surface area contributed by atoms with Gasteiger partial charge in [0.05, 0.1) is 5.56 Å². The highest BCUT2D eigenvalue weighted by atomic mass is 19.4. The Morgan fingerprint density at radius 1 is 0.903 bits per heavy atom. The molecule has 3 aromatic rings. The first-order valence-corrected chi connectivity index (χ1v) is 9.67. The minimum absolute atomic E-state index is 0.124. The largest absolute Gasteiger partial charge is 0.460 e. The van der Waals surface area contributed by atoms with Crippen LogP contribution in [0, 0.1) is 17.8 Å². The Morgan fingerprint density at radius 2 is 1.61 bits per heavy atom. The number of halogens is 3. The summed E-state index contributed by atoms with van der Waals surface area (Å²) in [6.07, 6.45) is -2.26. The lowest BCUT2D eigenvalue weighted by Crippen LogP contribution is -2.49. The molecule has 1 heterocycles. The summed E-state index contributed by atoms with van der Waals surface area (Å²) >= 11 is 0. The third-order valence-electron chi connectivity index (χ3n) is 4.68. The van der Waals surface area contributed by atoms with Gasteiger partial charge in [0.2, 0.25) is 0 Å².